The van der Waals surface area contributed by atoms with Crippen LogP contribution < -0.4 is 5.43 Å². The van der Waals surface area contributed by atoms with Gasteiger partial charge in [0.1, 0.15) is 0 Å². The molecule has 0 bridgehead atoms. The SMILES string of the molecule is [N-]=[N+]=NNc1c(F)c(F)c(F)c(F)c1F. The molecule has 1 rings (SSSR count). The van der Waals surface area contributed by atoms with Crippen molar-refractivity contribution in [2.24, 2.45) is 5.22 Å². The van der Waals surface area contributed by atoms with E-state index in [2.05, 4.69) is 5.22 Å². The van der Waals surface area contributed by atoms with E-state index in [0.29, 0.717) is 0 Å². The molecule has 15 heavy (non-hydrogen) atoms. The predicted octanol–water partition coefficient (Wildman–Crippen LogP) is 3.02. The van der Waals surface area contributed by atoms with E-state index >= 15 is 0 Å². The molecule has 0 fully saturated rings. The van der Waals surface area contributed by atoms with Crippen LogP contribution in [-0.4, -0.2) is 0 Å². The second-order valence-corrected chi connectivity index (χ2v) is 2.25. The van der Waals surface area contributed by atoms with Crippen molar-refractivity contribution in [3.8, 4) is 0 Å². The van der Waals surface area contributed by atoms with Crippen LogP contribution in [0.4, 0.5) is 27.6 Å². The third kappa shape index (κ3) is 1.77. The van der Waals surface area contributed by atoms with E-state index in [9.17, 15) is 22.0 Å². The fraction of sp³-hybridized carbons (Fsp3) is 0. The maximum absolute atomic E-state index is 12.8. The lowest BCUT2D eigenvalue weighted by molar-refractivity contribution is 0.381. The van der Waals surface area contributed by atoms with E-state index in [1.54, 1.807) is 0 Å². The molecule has 9 heteroatoms. The smallest absolute Gasteiger partial charge is 0.211 e. The second kappa shape index (κ2) is 4.01. The Hall–Kier alpha value is -2.02. The molecule has 0 amide bonds. The number of azide groups is 1. The first-order valence-corrected chi connectivity index (χ1v) is 3.32. The fourth-order valence-corrected chi connectivity index (χ4v) is 0.775. The van der Waals surface area contributed by atoms with Gasteiger partial charge in [0, 0.05) is 0 Å². The summed E-state index contributed by atoms with van der Waals surface area (Å²) in [6, 6.07) is 0. The second-order valence-electron chi connectivity index (χ2n) is 2.25. The molecule has 0 saturated carbocycles. The molecule has 0 aliphatic heterocycles. The van der Waals surface area contributed by atoms with Crippen LogP contribution in [0.5, 0.6) is 0 Å². The highest BCUT2D eigenvalue weighted by Gasteiger charge is 2.27. The van der Waals surface area contributed by atoms with Crippen molar-refractivity contribution >= 4 is 5.69 Å². The number of halogens is 5. The lowest BCUT2D eigenvalue weighted by Gasteiger charge is -2.03. The summed E-state index contributed by atoms with van der Waals surface area (Å²) >= 11 is 0. The normalized spacial score (nSPS) is 9.67. The number of anilines is 1. The summed E-state index contributed by atoms with van der Waals surface area (Å²) in [5.74, 6) is -10.7. The molecule has 0 saturated heterocycles. The Labute approximate surface area is 78.9 Å². The van der Waals surface area contributed by atoms with E-state index in [4.69, 9.17) is 5.53 Å². The van der Waals surface area contributed by atoms with Crippen molar-refractivity contribution in [2.75, 3.05) is 5.43 Å². The minimum Gasteiger partial charge on any atom is -0.222 e. The summed E-state index contributed by atoms with van der Waals surface area (Å²) in [6.07, 6.45) is 0. The largest absolute Gasteiger partial charge is 0.222 e. The van der Waals surface area contributed by atoms with Gasteiger partial charge in [-0.25, -0.2) is 18.6 Å². The molecule has 1 N–H and O–H groups in total. The average Bonchev–Trinajstić information content (AvgIpc) is 2.24. The lowest BCUT2D eigenvalue weighted by atomic mass is 10.2. The zero-order valence-electron chi connectivity index (χ0n) is 6.73. The first kappa shape index (κ1) is 11.1. The van der Waals surface area contributed by atoms with Crippen LogP contribution in [0, 0.1) is 29.1 Å². The highest BCUT2D eigenvalue weighted by molar-refractivity contribution is 5.46. The quantitative estimate of drug-likeness (QED) is 0.157. The summed E-state index contributed by atoms with van der Waals surface area (Å²) in [5.41, 5.74) is 7.74. The summed E-state index contributed by atoms with van der Waals surface area (Å²) in [7, 11) is 0. The van der Waals surface area contributed by atoms with Gasteiger partial charge >= 0.3 is 0 Å². The Kier molecular flexibility index (Phi) is 2.96. The van der Waals surface area contributed by atoms with Crippen LogP contribution >= 0.6 is 0 Å². The first-order chi connectivity index (χ1) is 7.00. The van der Waals surface area contributed by atoms with Gasteiger partial charge in [-0.3, -0.25) is 0 Å². The van der Waals surface area contributed by atoms with Gasteiger partial charge in [0.15, 0.2) is 0 Å². The van der Waals surface area contributed by atoms with Gasteiger partial charge in [0.2, 0.25) is 34.8 Å². The van der Waals surface area contributed by atoms with Gasteiger partial charge in [-0.1, -0.05) is 0 Å². The number of nitrogens with one attached hydrogen (secondary N) is 1. The first-order valence-electron chi connectivity index (χ1n) is 3.32. The Bertz CT molecular complexity index is 424. The van der Waals surface area contributed by atoms with Crippen molar-refractivity contribution in [3.05, 3.63) is 39.5 Å². The van der Waals surface area contributed by atoms with E-state index in [1.165, 1.54) is 5.43 Å². The Morgan fingerprint density at radius 3 is 1.67 bits per heavy atom. The van der Waals surface area contributed by atoms with Crippen molar-refractivity contribution < 1.29 is 22.0 Å². The molecule has 0 unspecified atom stereocenters. The molecule has 0 aliphatic carbocycles. The van der Waals surface area contributed by atoms with Crippen molar-refractivity contribution in [1.29, 1.82) is 0 Å². The number of rotatable bonds is 2. The molecule has 0 atom stereocenters. The maximum Gasteiger partial charge on any atom is 0.211 e. The Morgan fingerprint density at radius 2 is 1.27 bits per heavy atom. The van der Waals surface area contributed by atoms with E-state index in [0.717, 1.165) is 0 Å². The molecule has 0 aromatic heterocycles. The molecule has 80 valence electrons. The van der Waals surface area contributed by atoms with Gasteiger partial charge in [0.25, 0.3) is 0 Å². The minimum atomic E-state index is -2.28. The highest BCUT2D eigenvalue weighted by Crippen LogP contribution is 2.26. The molecule has 1 aromatic rings. The summed E-state index contributed by atoms with van der Waals surface area (Å²) in [5, 5.41) is 2.47. The van der Waals surface area contributed by atoms with E-state index in [-0.39, 0.29) is 0 Å². The van der Waals surface area contributed by atoms with Gasteiger partial charge in [-0.05, 0) is 5.22 Å². The van der Waals surface area contributed by atoms with E-state index in [1.807, 2.05) is 4.91 Å². The molecular formula is C6HF5N4. The molecule has 0 radical (unpaired) electrons. The summed E-state index contributed by atoms with van der Waals surface area (Å²) < 4.78 is 63.0. The number of hydrogen-bond acceptors (Lipinski definition) is 1. The zero-order chi connectivity index (χ0) is 11.6. The molecule has 0 aliphatic rings. The molecular weight excluding hydrogens is 223 g/mol. The average molecular weight is 224 g/mol. The minimum absolute atomic E-state index is 1.35. The number of nitrogens with zero attached hydrogens (tertiary/aromatic N) is 3. The number of hydrogen-bond donors (Lipinski definition) is 1. The molecule has 0 heterocycles. The Balaban J connectivity index is 3.44. The molecule has 1 aromatic carbocycles. The van der Waals surface area contributed by atoms with Crippen LogP contribution in [0.3, 0.4) is 0 Å². The van der Waals surface area contributed by atoms with Gasteiger partial charge in [0.05, 0.1) is 0 Å². The fourth-order valence-electron chi connectivity index (χ4n) is 0.775. The summed E-state index contributed by atoms with van der Waals surface area (Å²) in [4.78, 5) is 2.04. The number of benzene rings is 1. The van der Waals surface area contributed by atoms with Crippen molar-refractivity contribution in [2.45, 2.75) is 0 Å². The van der Waals surface area contributed by atoms with Crippen LogP contribution in [0.25, 0.3) is 10.4 Å². The topological polar surface area (TPSA) is 60.8 Å². The Morgan fingerprint density at radius 1 is 0.867 bits per heavy atom. The van der Waals surface area contributed by atoms with Crippen molar-refractivity contribution in [3.63, 3.8) is 0 Å². The lowest BCUT2D eigenvalue weighted by Crippen LogP contribution is -2.05. The third-order valence-corrected chi connectivity index (χ3v) is 1.42. The van der Waals surface area contributed by atoms with Crippen LogP contribution in [0.2, 0.25) is 0 Å². The monoisotopic (exact) mass is 224 g/mol. The van der Waals surface area contributed by atoms with Gasteiger partial charge in [-0.15, -0.1) is 5.53 Å². The maximum atomic E-state index is 12.8. The molecule has 0 spiro atoms. The summed E-state index contributed by atoms with van der Waals surface area (Å²) in [6.45, 7) is 0. The zero-order valence-corrected chi connectivity index (χ0v) is 6.73. The van der Waals surface area contributed by atoms with Crippen LogP contribution in [-0.2, 0) is 0 Å². The highest BCUT2D eigenvalue weighted by atomic mass is 19.2. The molecule has 4 nitrogen and oxygen atoms in total. The van der Waals surface area contributed by atoms with Crippen molar-refractivity contribution in [1.82, 2.24) is 0 Å². The predicted molar refractivity (Wildman–Crippen MR) is 39.0 cm³/mol. The van der Waals surface area contributed by atoms with E-state index < -0.39 is 34.8 Å². The van der Waals surface area contributed by atoms with Gasteiger partial charge in [-0.2, -0.15) is 13.7 Å². The third-order valence-electron chi connectivity index (χ3n) is 1.42. The van der Waals surface area contributed by atoms with Crippen LogP contribution in [0.1, 0.15) is 0 Å². The van der Waals surface area contributed by atoms with Crippen LogP contribution in [0.15, 0.2) is 5.22 Å². The standard InChI is InChI=1S/C6HF5N4/c7-1-2(8)4(10)6(13-15-14-12)5(11)3(1)9/h13H. The van der Waals surface area contributed by atoms with Gasteiger partial charge < -0.3 is 0 Å².